The molecular formula is C13H15N3OS. The first-order chi connectivity index (χ1) is 8.78. The molecule has 0 spiro atoms. The van der Waals surface area contributed by atoms with E-state index < -0.39 is 0 Å². The molecule has 0 fully saturated rings. The van der Waals surface area contributed by atoms with Crippen LogP contribution in [0.5, 0.6) is 0 Å². The number of carbonyl (C=O) groups is 1. The van der Waals surface area contributed by atoms with Crippen LogP contribution in [0.1, 0.15) is 24.3 Å². The summed E-state index contributed by atoms with van der Waals surface area (Å²) in [5, 5.41) is 11.0. The van der Waals surface area contributed by atoms with Crippen molar-refractivity contribution < 1.29 is 4.79 Å². The summed E-state index contributed by atoms with van der Waals surface area (Å²) in [4.78, 5) is 11.7. The highest BCUT2D eigenvalue weighted by molar-refractivity contribution is 7.98. The third-order valence-electron chi connectivity index (χ3n) is 3.43. The van der Waals surface area contributed by atoms with E-state index in [1.807, 2.05) is 24.0 Å². The molecule has 1 aromatic carbocycles. The Hall–Kier alpha value is -1.49. The Bertz CT molecular complexity index is 593. The topological polar surface area (TPSA) is 57.8 Å². The summed E-state index contributed by atoms with van der Waals surface area (Å²) in [6, 6.07) is 4.14. The second-order valence-electron chi connectivity index (χ2n) is 4.63. The third-order valence-corrected chi connectivity index (χ3v) is 4.07. The van der Waals surface area contributed by atoms with Crippen molar-refractivity contribution in [3.8, 4) is 0 Å². The van der Waals surface area contributed by atoms with Gasteiger partial charge < -0.3 is 5.32 Å². The first kappa shape index (κ1) is 11.6. The molecule has 0 radical (unpaired) electrons. The SMILES string of the molecule is CSCC[C@@H]1CC(=O)Nc2cc3[nH]ncc3cc21. The van der Waals surface area contributed by atoms with Gasteiger partial charge in [-0.2, -0.15) is 16.9 Å². The molecule has 1 aliphatic rings. The fourth-order valence-electron chi connectivity index (χ4n) is 2.51. The largest absolute Gasteiger partial charge is 0.326 e. The molecule has 4 nitrogen and oxygen atoms in total. The minimum atomic E-state index is 0.118. The maximum atomic E-state index is 11.7. The van der Waals surface area contributed by atoms with Crippen LogP contribution in [0.25, 0.3) is 10.9 Å². The number of nitrogens with zero attached hydrogens (tertiary/aromatic N) is 1. The fourth-order valence-corrected chi connectivity index (χ4v) is 3.03. The third kappa shape index (κ3) is 1.99. The number of amides is 1. The van der Waals surface area contributed by atoms with E-state index in [1.54, 1.807) is 0 Å². The molecule has 1 amide bonds. The van der Waals surface area contributed by atoms with Gasteiger partial charge in [0, 0.05) is 17.5 Å². The molecule has 0 saturated heterocycles. The van der Waals surface area contributed by atoms with Crippen molar-refractivity contribution in [2.24, 2.45) is 0 Å². The molecule has 0 aliphatic carbocycles. The van der Waals surface area contributed by atoms with Gasteiger partial charge in [-0.05, 0) is 42.0 Å². The Morgan fingerprint density at radius 2 is 2.39 bits per heavy atom. The summed E-state index contributed by atoms with van der Waals surface area (Å²) in [6.07, 6.45) is 5.57. The van der Waals surface area contributed by atoms with Crippen molar-refractivity contribution in [3.05, 3.63) is 23.9 Å². The molecule has 18 heavy (non-hydrogen) atoms. The first-order valence-corrected chi connectivity index (χ1v) is 7.43. The van der Waals surface area contributed by atoms with E-state index >= 15 is 0 Å². The first-order valence-electron chi connectivity index (χ1n) is 6.03. The molecule has 1 aromatic heterocycles. The maximum absolute atomic E-state index is 11.7. The Kier molecular flexibility index (Phi) is 2.99. The summed E-state index contributed by atoms with van der Waals surface area (Å²) in [7, 11) is 0. The van der Waals surface area contributed by atoms with E-state index in [2.05, 4.69) is 27.8 Å². The molecule has 0 unspecified atom stereocenters. The monoisotopic (exact) mass is 261 g/mol. The van der Waals surface area contributed by atoms with Gasteiger partial charge in [0.15, 0.2) is 0 Å². The highest BCUT2D eigenvalue weighted by atomic mass is 32.2. The molecule has 1 aliphatic heterocycles. The molecule has 2 N–H and O–H groups in total. The molecule has 2 heterocycles. The lowest BCUT2D eigenvalue weighted by molar-refractivity contribution is -0.116. The van der Waals surface area contributed by atoms with Crippen LogP contribution in [0.15, 0.2) is 18.3 Å². The molecule has 2 aromatic rings. The number of H-pyrrole nitrogens is 1. The number of hydrogen-bond acceptors (Lipinski definition) is 3. The van der Waals surface area contributed by atoms with Crippen LogP contribution >= 0.6 is 11.8 Å². The van der Waals surface area contributed by atoms with E-state index in [-0.39, 0.29) is 5.91 Å². The van der Waals surface area contributed by atoms with Crippen LogP contribution in [0.2, 0.25) is 0 Å². The van der Waals surface area contributed by atoms with Crippen LogP contribution in [-0.4, -0.2) is 28.1 Å². The number of rotatable bonds is 3. The normalized spacial score (nSPS) is 18.7. The smallest absolute Gasteiger partial charge is 0.224 e. The van der Waals surface area contributed by atoms with Crippen molar-refractivity contribution in [2.75, 3.05) is 17.3 Å². The van der Waals surface area contributed by atoms with Gasteiger partial charge in [0.1, 0.15) is 0 Å². The average molecular weight is 261 g/mol. The van der Waals surface area contributed by atoms with E-state index in [0.29, 0.717) is 12.3 Å². The maximum Gasteiger partial charge on any atom is 0.224 e. The summed E-state index contributed by atoms with van der Waals surface area (Å²) < 4.78 is 0. The molecule has 5 heteroatoms. The van der Waals surface area contributed by atoms with Gasteiger partial charge in [0.2, 0.25) is 5.91 Å². The number of hydrogen-bond donors (Lipinski definition) is 2. The van der Waals surface area contributed by atoms with Gasteiger partial charge in [-0.15, -0.1) is 0 Å². The van der Waals surface area contributed by atoms with Crippen molar-refractivity contribution in [3.63, 3.8) is 0 Å². The Labute approximate surface area is 110 Å². The fraction of sp³-hybridized carbons (Fsp3) is 0.385. The Balaban J connectivity index is 2.03. The number of benzene rings is 1. The number of thioether (sulfide) groups is 1. The Morgan fingerprint density at radius 1 is 1.50 bits per heavy atom. The summed E-state index contributed by atoms with van der Waals surface area (Å²) >= 11 is 1.83. The summed E-state index contributed by atoms with van der Waals surface area (Å²) in [5.74, 6) is 1.54. The van der Waals surface area contributed by atoms with Gasteiger partial charge in [-0.25, -0.2) is 0 Å². The number of carbonyl (C=O) groups excluding carboxylic acids is 1. The van der Waals surface area contributed by atoms with E-state index in [0.717, 1.165) is 28.8 Å². The van der Waals surface area contributed by atoms with Crippen molar-refractivity contribution >= 4 is 34.3 Å². The van der Waals surface area contributed by atoms with Crippen LogP contribution in [-0.2, 0) is 4.79 Å². The zero-order valence-corrected chi connectivity index (χ0v) is 11.0. The predicted molar refractivity (Wildman–Crippen MR) is 75.1 cm³/mol. The van der Waals surface area contributed by atoms with E-state index in [9.17, 15) is 4.79 Å². The predicted octanol–water partition coefficient (Wildman–Crippen LogP) is 2.74. The summed E-state index contributed by atoms with van der Waals surface area (Å²) in [6.45, 7) is 0. The second kappa shape index (κ2) is 4.65. The molecule has 0 bridgehead atoms. The molecular weight excluding hydrogens is 246 g/mol. The lowest BCUT2D eigenvalue weighted by atomic mass is 9.88. The Morgan fingerprint density at radius 3 is 3.22 bits per heavy atom. The zero-order valence-electron chi connectivity index (χ0n) is 10.2. The van der Waals surface area contributed by atoms with Crippen LogP contribution < -0.4 is 5.32 Å². The van der Waals surface area contributed by atoms with Gasteiger partial charge in [0.25, 0.3) is 0 Å². The van der Waals surface area contributed by atoms with Crippen molar-refractivity contribution in [2.45, 2.75) is 18.8 Å². The molecule has 1 atom stereocenters. The number of anilines is 1. The highest BCUT2D eigenvalue weighted by Crippen LogP contribution is 2.37. The number of nitrogens with one attached hydrogen (secondary N) is 2. The number of aromatic nitrogens is 2. The number of fused-ring (bicyclic) bond motifs is 2. The van der Waals surface area contributed by atoms with Crippen LogP contribution in [0, 0.1) is 0 Å². The van der Waals surface area contributed by atoms with Crippen molar-refractivity contribution in [1.29, 1.82) is 0 Å². The average Bonchev–Trinajstić information content (AvgIpc) is 2.80. The molecule has 94 valence electrons. The van der Waals surface area contributed by atoms with E-state index in [4.69, 9.17) is 0 Å². The highest BCUT2D eigenvalue weighted by Gasteiger charge is 2.25. The minimum absolute atomic E-state index is 0.118. The second-order valence-corrected chi connectivity index (χ2v) is 5.61. The van der Waals surface area contributed by atoms with E-state index in [1.165, 1.54) is 5.56 Å². The van der Waals surface area contributed by atoms with Crippen molar-refractivity contribution in [1.82, 2.24) is 10.2 Å². The molecule has 3 rings (SSSR count). The number of aromatic amines is 1. The van der Waals surface area contributed by atoms with Gasteiger partial charge in [-0.1, -0.05) is 0 Å². The van der Waals surface area contributed by atoms with Crippen LogP contribution in [0.3, 0.4) is 0 Å². The standard InChI is InChI=1S/C13H15N3OS/c1-18-3-2-8-5-13(17)15-12-6-11-9(4-10(8)12)7-14-16-11/h4,6-8H,2-3,5H2,1H3,(H,14,16)(H,15,17)/t8-/m1/s1. The van der Waals surface area contributed by atoms with Gasteiger partial charge in [0.05, 0.1) is 11.7 Å². The zero-order chi connectivity index (χ0) is 12.5. The van der Waals surface area contributed by atoms with Crippen LogP contribution in [0.4, 0.5) is 5.69 Å². The van der Waals surface area contributed by atoms with Gasteiger partial charge in [-0.3, -0.25) is 9.89 Å². The molecule has 0 saturated carbocycles. The lowest BCUT2D eigenvalue weighted by Gasteiger charge is -2.25. The summed E-state index contributed by atoms with van der Waals surface area (Å²) in [5.41, 5.74) is 3.16. The quantitative estimate of drug-likeness (QED) is 0.893. The van der Waals surface area contributed by atoms with Gasteiger partial charge >= 0.3 is 0 Å². The minimum Gasteiger partial charge on any atom is -0.326 e. The lowest BCUT2D eigenvalue weighted by Crippen LogP contribution is -2.23.